The smallest absolute Gasteiger partial charge is 0.366 e. The standard InChI is InChI=1S/C8H7N3O4/c1-4-8(12)10-7-5(15-4)2-3-6(9-7)11(13)14/h2-4H,1H3,(H,9,10,12)/t4-/m0/s1. The number of hydrogen-bond acceptors (Lipinski definition) is 5. The van der Waals surface area contributed by atoms with Gasteiger partial charge >= 0.3 is 5.82 Å². The van der Waals surface area contributed by atoms with Gasteiger partial charge in [-0.05, 0) is 22.9 Å². The topological polar surface area (TPSA) is 94.4 Å². The van der Waals surface area contributed by atoms with E-state index in [9.17, 15) is 14.9 Å². The van der Waals surface area contributed by atoms with Crippen molar-refractivity contribution in [3.8, 4) is 5.75 Å². The molecule has 1 aromatic heterocycles. The first-order valence-corrected chi connectivity index (χ1v) is 4.21. The fraction of sp³-hybridized carbons (Fsp3) is 0.250. The third-order valence-electron chi connectivity index (χ3n) is 1.95. The number of hydrogen-bond donors (Lipinski definition) is 1. The largest absolute Gasteiger partial charge is 0.475 e. The Morgan fingerprint density at radius 2 is 2.33 bits per heavy atom. The Morgan fingerprint density at radius 1 is 1.60 bits per heavy atom. The van der Waals surface area contributed by atoms with Gasteiger partial charge in [0.05, 0.1) is 0 Å². The van der Waals surface area contributed by atoms with Crippen LogP contribution < -0.4 is 10.1 Å². The van der Waals surface area contributed by atoms with Gasteiger partial charge in [-0.2, -0.15) is 0 Å². The number of rotatable bonds is 1. The Hall–Kier alpha value is -2.18. The van der Waals surface area contributed by atoms with Gasteiger partial charge in [0.1, 0.15) is 0 Å². The van der Waals surface area contributed by atoms with E-state index in [1.54, 1.807) is 6.92 Å². The monoisotopic (exact) mass is 209 g/mol. The van der Waals surface area contributed by atoms with Gasteiger partial charge in [-0.25, -0.2) is 0 Å². The molecular weight excluding hydrogens is 202 g/mol. The average molecular weight is 209 g/mol. The number of nitro groups is 1. The molecule has 0 bridgehead atoms. The van der Waals surface area contributed by atoms with Gasteiger partial charge in [-0.15, -0.1) is 0 Å². The van der Waals surface area contributed by atoms with E-state index < -0.39 is 11.0 Å². The average Bonchev–Trinajstić information content (AvgIpc) is 2.19. The van der Waals surface area contributed by atoms with E-state index in [-0.39, 0.29) is 17.5 Å². The van der Waals surface area contributed by atoms with E-state index in [0.717, 1.165) is 0 Å². The van der Waals surface area contributed by atoms with Crippen LogP contribution in [0.15, 0.2) is 12.1 Å². The highest BCUT2D eigenvalue weighted by molar-refractivity contribution is 5.96. The van der Waals surface area contributed by atoms with Crippen molar-refractivity contribution in [2.75, 3.05) is 5.32 Å². The molecule has 1 aliphatic heterocycles. The van der Waals surface area contributed by atoms with E-state index in [2.05, 4.69) is 10.3 Å². The van der Waals surface area contributed by atoms with Crippen LogP contribution in [0.3, 0.4) is 0 Å². The highest BCUT2D eigenvalue weighted by Crippen LogP contribution is 2.29. The van der Waals surface area contributed by atoms with Crippen molar-refractivity contribution >= 4 is 17.5 Å². The number of amides is 1. The quantitative estimate of drug-likeness (QED) is 0.542. The van der Waals surface area contributed by atoms with Gasteiger partial charge in [-0.1, -0.05) is 0 Å². The van der Waals surface area contributed by atoms with Crippen LogP contribution in [0.25, 0.3) is 0 Å². The molecule has 0 spiro atoms. The molecule has 0 unspecified atom stereocenters. The number of carbonyl (C=O) groups is 1. The molecule has 15 heavy (non-hydrogen) atoms. The first-order valence-electron chi connectivity index (χ1n) is 4.21. The van der Waals surface area contributed by atoms with Gasteiger partial charge in [0.2, 0.25) is 0 Å². The molecule has 0 radical (unpaired) electrons. The number of anilines is 1. The minimum atomic E-state index is -0.634. The first-order chi connectivity index (χ1) is 7.08. The normalized spacial score (nSPS) is 18.7. The van der Waals surface area contributed by atoms with E-state index in [1.807, 2.05) is 0 Å². The molecule has 0 aliphatic carbocycles. The molecule has 78 valence electrons. The van der Waals surface area contributed by atoms with E-state index in [0.29, 0.717) is 5.75 Å². The Kier molecular flexibility index (Phi) is 2.00. The Bertz CT molecular complexity index is 446. The lowest BCUT2D eigenvalue weighted by atomic mass is 10.3. The lowest BCUT2D eigenvalue weighted by Gasteiger charge is -2.19. The molecule has 1 aromatic rings. The number of pyridine rings is 1. The summed E-state index contributed by atoms with van der Waals surface area (Å²) in [5.41, 5.74) is 0. The summed E-state index contributed by atoms with van der Waals surface area (Å²) in [6.45, 7) is 1.58. The Morgan fingerprint density at radius 3 is 3.00 bits per heavy atom. The lowest BCUT2D eigenvalue weighted by Crippen LogP contribution is -2.34. The van der Waals surface area contributed by atoms with Crippen molar-refractivity contribution in [2.45, 2.75) is 13.0 Å². The lowest BCUT2D eigenvalue weighted by molar-refractivity contribution is -0.389. The van der Waals surface area contributed by atoms with Gasteiger partial charge in [0.25, 0.3) is 11.7 Å². The SMILES string of the molecule is C[C@@H]1Oc2ccc([N+](=O)[O-])nc2NC1=O. The van der Waals surface area contributed by atoms with Crippen LogP contribution >= 0.6 is 0 Å². The van der Waals surface area contributed by atoms with E-state index in [4.69, 9.17) is 4.74 Å². The Labute approximate surface area is 84.2 Å². The molecule has 1 atom stereocenters. The minimum absolute atomic E-state index is 0.0901. The molecule has 7 heteroatoms. The van der Waals surface area contributed by atoms with Crippen LogP contribution in [0, 0.1) is 10.1 Å². The number of carbonyl (C=O) groups excluding carboxylic acids is 1. The van der Waals surface area contributed by atoms with Crippen LogP contribution in [-0.2, 0) is 4.79 Å². The summed E-state index contributed by atoms with van der Waals surface area (Å²) in [6, 6.07) is 2.64. The number of nitrogens with one attached hydrogen (secondary N) is 1. The second-order valence-corrected chi connectivity index (χ2v) is 3.02. The number of nitrogens with zero attached hydrogens (tertiary/aromatic N) is 2. The van der Waals surface area contributed by atoms with Gasteiger partial charge < -0.3 is 14.9 Å². The zero-order valence-electron chi connectivity index (χ0n) is 7.76. The minimum Gasteiger partial charge on any atom is -0.475 e. The van der Waals surface area contributed by atoms with Crippen LogP contribution in [0.1, 0.15) is 6.92 Å². The summed E-state index contributed by atoms with van der Waals surface area (Å²) in [4.78, 5) is 24.6. The first kappa shape index (κ1) is 9.38. The third kappa shape index (κ3) is 1.58. The molecule has 2 heterocycles. The predicted octanol–water partition coefficient (Wildman–Crippen LogP) is 0.709. The second kappa shape index (κ2) is 3.19. The second-order valence-electron chi connectivity index (χ2n) is 3.02. The summed E-state index contributed by atoms with van der Waals surface area (Å²) < 4.78 is 5.18. The number of fused-ring (bicyclic) bond motifs is 1. The number of ether oxygens (including phenoxy) is 1. The Balaban J connectivity index is 2.41. The fourth-order valence-electron chi connectivity index (χ4n) is 1.18. The van der Waals surface area contributed by atoms with E-state index in [1.165, 1.54) is 12.1 Å². The van der Waals surface area contributed by atoms with E-state index >= 15 is 0 Å². The van der Waals surface area contributed by atoms with Crippen LogP contribution in [-0.4, -0.2) is 21.9 Å². The maximum atomic E-state index is 11.2. The molecule has 7 nitrogen and oxygen atoms in total. The number of aromatic nitrogens is 1. The van der Waals surface area contributed by atoms with Gasteiger partial charge in [0, 0.05) is 6.07 Å². The van der Waals surface area contributed by atoms with Gasteiger partial charge in [-0.3, -0.25) is 10.1 Å². The maximum Gasteiger partial charge on any atom is 0.366 e. The summed E-state index contributed by atoms with van der Waals surface area (Å²) in [7, 11) is 0. The van der Waals surface area contributed by atoms with Crippen molar-refractivity contribution in [2.24, 2.45) is 0 Å². The van der Waals surface area contributed by atoms with Gasteiger partial charge in [0.15, 0.2) is 11.9 Å². The molecule has 1 aliphatic rings. The zero-order valence-corrected chi connectivity index (χ0v) is 7.76. The maximum absolute atomic E-state index is 11.2. The van der Waals surface area contributed by atoms with Crippen molar-refractivity contribution in [1.29, 1.82) is 0 Å². The molecule has 0 saturated carbocycles. The predicted molar refractivity (Wildman–Crippen MR) is 49.6 cm³/mol. The van der Waals surface area contributed by atoms with Crippen molar-refractivity contribution in [1.82, 2.24) is 4.98 Å². The zero-order chi connectivity index (χ0) is 11.0. The summed E-state index contributed by atoms with van der Waals surface area (Å²) >= 11 is 0. The molecule has 2 rings (SSSR count). The molecule has 0 fully saturated rings. The molecule has 1 amide bonds. The molecule has 1 N–H and O–H groups in total. The highest BCUT2D eigenvalue weighted by Gasteiger charge is 2.28. The van der Waals surface area contributed by atoms with Crippen LogP contribution in [0.2, 0.25) is 0 Å². The fourth-order valence-corrected chi connectivity index (χ4v) is 1.18. The highest BCUT2D eigenvalue weighted by atomic mass is 16.6. The molecular formula is C8H7N3O4. The molecule has 0 saturated heterocycles. The third-order valence-corrected chi connectivity index (χ3v) is 1.95. The van der Waals surface area contributed by atoms with Crippen LogP contribution in [0.4, 0.5) is 11.6 Å². The summed E-state index contributed by atoms with van der Waals surface area (Å²) in [5, 5.41) is 12.8. The summed E-state index contributed by atoms with van der Waals surface area (Å²) in [5.74, 6) is -0.261. The molecule has 0 aromatic carbocycles. The van der Waals surface area contributed by atoms with Crippen molar-refractivity contribution in [3.63, 3.8) is 0 Å². The summed E-state index contributed by atoms with van der Waals surface area (Å²) in [6.07, 6.45) is -0.610. The van der Waals surface area contributed by atoms with Crippen LogP contribution in [0.5, 0.6) is 5.75 Å². The van der Waals surface area contributed by atoms with Crippen molar-refractivity contribution < 1.29 is 14.5 Å². The van der Waals surface area contributed by atoms with Crippen molar-refractivity contribution in [3.05, 3.63) is 22.2 Å².